The molecule has 0 fully saturated rings. The lowest BCUT2D eigenvalue weighted by Crippen LogP contribution is -2.21. The molecule has 4 aromatic rings. The van der Waals surface area contributed by atoms with E-state index in [0.29, 0.717) is 22.5 Å². The van der Waals surface area contributed by atoms with Gasteiger partial charge in [-0.3, -0.25) is 9.36 Å². The van der Waals surface area contributed by atoms with Crippen molar-refractivity contribution in [1.29, 1.82) is 0 Å². The van der Waals surface area contributed by atoms with Crippen LogP contribution in [0, 0.1) is 0 Å². The average Bonchev–Trinajstić information content (AvgIpc) is 3.14. The fourth-order valence-electron chi connectivity index (χ4n) is 3.36. The number of alkyl halides is 3. The monoisotopic (exact) mass is 423 g/mol. The van der Waals surface area contributed by atoms with Gasteiger partial charge in [-0.25, -0.2) is 4.98 Å². The third kappa shape index (κ3) is 3.99. The Labute approximate surface area is 176 Å². The second-order valence-corrected chi connectivity index (χ2v) is 6.94. The number of methoxy groups -OCH3 is 1. The Morgan fingerprint density at radius 3 is 2.42 bits per heavy atom. The molecule has 0 radical (unpaired) electrons. The number of ether oxygens (including phenoxy) is 1. The maximum absolute atomic E-state index is 13.7. The summed E-state index contributed by atoms with van der Waals surface area (Å²) in [5.74, 6) is -0.908. The van der Waals surface area contributed by atoms with E-state index < -0.39 is 12.0 Å². The van der Waals surface area contributed by atoms with Gasteiger partial charge in [0.25, 0.3) is 5.91 Å². The minimum absolute atomic E-state index is 0.170. The first-order valence-corrected chi connectivity index (χ1v) is 9.39. The van der Waals surface area contributed by atoms with Gasteiger partial charge < -0.3 is 10.1 Å². The molecule has 156 valence electrons. The zero-order valence-corrected chi connectivity index (χ0v) is 16.7. The molecule has 9 heteroatoms. The van der Waals surface area contributed by atoms with E-state index in [4.69, 9.17) is 4.74 Å². The smallest absolute Gasteiger partial charge is 0.450 e. The van der Waals surface area contributed by atoms with Gasteiger partial charge in [-0.2, -0.15) is 13.2 Å². The molecular weight excluding hydrogens is 406 g/mol. The molecule has 3 aromatic carbocycles. The van der Waals surface area contributed by atoms with Crippen LogP contribution in [0.5, 0.6) is 5.75 Å². The third-order valence-corrected chi connectivity index (χ3v) is 4.89. The zero-order valence-electron chi connectivity index (χ0n) is 16.7. The second-order valence-electron chi connectivity index (χ2n) is 6.94. The van der Waals surface area contributed by atoms with Crippen LogP contribution in [0.4, 0.5) is 18.9 Å². The molecule has 0 aliphatic rings. The van der Waals surface area contributed by atoms with Crippen LogP contribution in [-0.2, 0) is 6.18 Å². The summed E-state index contributed by atoms with van der Waals surface area (Å²) < 4.78 is 47.1. The van der Waals surface area contributed by atoms with Gasteiger partial charge in [0.15, 0.2) is 0 Å². The quantitative estimate of drug-likeness (QED) is 0.511. The Morgan fingerprint density at radius 2 is 1.77 bits per heavy atom. The minimum atomic E-state index is -4.65. The molecular formula is C22H17BF3N3O2. The Morgan fingerprint density at radius 1 is 1.06 bits per heavy atom. The summed E-state index contributed by atoms with van der Waals surface area (Å²) in [5, 5.41) is 2.77. The number of hydrogen-bond acceptors (Lipinski definition) is 3. The van der Waals surface area contributed by atoms with Gasteiger partial charge in [-0.05, 0) is 36.4 Å². The summed E-state index contributed by atoms with van der Waals surface area (Å²) in [6.45, 7) is 0. The standard InChI is InChI=1S/C22H17BF3N3O2/c1-31-15-10-11-19-18(12-15)28-21(22(24,25)26)29(19)14-8-6-13(7-9-14)27-20(30)16-4-2-3-5-17(16)23/h2-12H,23H2,1H3,(H,27,30). The van der Waals surface area contributed by atoms with Gasteiger partial charge in [0, 0.05) is 23.0 Å². The van der Waals surface area contributed by atoms with Crippen molar-refractivity contribution in [1.82, 2.24) is 9.55 Å². The molecule has 1 heterocycles. The summed E-state index contributed by atoms with van der Waals surface area (Å²) in [6, 6.07) is 17.8. The van der Waals surface area contributed by atoms with Crippen LogP contribution in [0.25, 0.3) is 16.7 Å². The van der Waals surface area contributed by atoms with E-state index in [1.807, 2.05) is 20.0 Å². The van der Waals surface area contributed by atoms with Crippen LogP contribution in [0.15, 0.2) is 66.7 Å². The molecule has 0 saturated carbocycles. The van der Waals surface area contributed by atoms with E-state index in [1.54, 1.807) is 30.3 Å². The lowest BCUT2D eigenvalue weighted by Gasteiger charge is -2.13. The SMILES string of the molecule is Bc1ccccc1C(=O)Nc1ccc(-n2c(C(F)(F)F)nc3cc(OC)ccc32)cc1. The molecule has 1 amide bonds. The highest BCUT2D eigenvalue weighted by molar-refractivity contribution is 6.37. The van der Waals surface area contributed by atoms with Gasteiger partial charge in [-0.1, -0.05) is 29.7 Å². The second kappa shape index (κ2) is 7.83. The van der Waals surface area contributed by atoms with Gasteiger partial charge >= 0.3 is 6.18 Å². The zero-order chi connectivity index (χ0) is 22.2. The Kier molecular flexibility index (Phi) is 5.18. The Hall–Kier alpha value is -3.75. The topological polar surface area (TPSA) is 56.2 Å². The van der Waals surface area contributed by atoms with Crippen molar-refractivity contribution in [3.05, 3.63) is 78.1 Å². The van der Waals surface area contributed by atoms with E-state index in [0.717, 1.165) is 10.0 Å². The molecule has 0 unspecified atom stereocenters. The van der Waals surface area contributed by atoms with E-state index in [1.165, 1.54) is 31.4 Å². The number of rotatable bonds is 4. The predicted octanol–water partition coefficient (Wildman–Crippen LogP) is 3.56. The van der Waals surface area contributed by atoms with Crippen LogP contribution in [-0.4, -0.2) is 30.4 Å². The summed E-state index contributed by atoms with van der Waals surface area (Å²) in [6.07, 6.45) is -4.65. The van der Waals surface area contributed by atoms with Gasteiger partial charge in [-0.15, -0.1) is 0 Å². The Balaban J connectivity index is 1.70. The van der Waals surface area contributed by atoms with Crippen molar-refractivity contribution in [2.75, 3.05) is 12.4 Å². The summed E-state index contributed by atoms with van der Waals surface area (Å²) >= 11 is 0. The number of imidazole rings is 1. The highest BCUT2D eigenvalue weighted by Gasteiger charge is 2.38. The minimum Gasteiger partial charge on any atom is -0.497 e. The maximum atomic E-state index is 13.7. The van der Waals surface area contributed by atoms with Crippen molar-refractivity contribution in [3.8, 4) is 11.4 Å². The van der Waals surface area contributed by atoms with Gasteiger partial charge in [0.1, 0.15) is 13.6 Å². The third-order valence-electron chi connectivity index (χ3n) is 4.89. The van der Waals surface area contributed by atoms with Crippen LogP contribution < -0.4 is 15.5 Å². The van der Waals surface area contributed by atoms with Crippen molar-refractivity contribution >= 4 is 35.9 Å². The molecule has 0 atom stereocenters. The number of anilines is 1. The number of halogens is 3. The molecule has 1 N–H and O–H groups in total. The van der Waals surface area contributed by atoms with Crippen molar-refractivity contribution < 1.29 is 22.7 Å². The van der Waals surface area contributed by atoms with Crippen molar-refractivity contribution in [2.24, 2.45) is 0 Å². The lowest BCUT2D eigenvalue weighted by atomic mass is 9.90. The highest BCUT2D eigenvalue weighted by atomic mass is 19.4. The number of nitrogens with one attached hydrogen (secondary N) is 1. The number of amides is 1. The molecule has 0 aliphatic carbocycles. The molecule has 1 aromatic heterocycles. The van der Waals surface area contributed by atoms with Crippen molar-refractivity contribution in [3.63, 3.8) is 0 Å². The van der Waals surface area contributed by atoms with Crippen molar-refractivity contribution in [2.45, 2.75) is 6.18 Å². The fraction of sp³-hybridized carbons (Fsp3) is 0.0909. The Bertz CT molecular complexity index is 1270. The van der Waals surface area contributed by atoms with E-state index >= 15 is 0 Å². The predicted molar refractivity (Wildman–Crippen MR) is 115 cm³/mol. The molecule has 0 bridgehead atoms. The first-order chi connectivity index (χ1) is 14.8. The number of hydrogen-bond donors (Lipinski definition) is 1. The highest BCUT2D eigenvalue weighted by Crippen LogP contribution is 2.35. The van der Waals surface area contributed by atoms with E-state index in [-0.39, 0.29) is 17.1 Å². The molecule has 0 aliphatic heterocycles. The first-order valence-electron chi connectivity index (χ1n) is 9.39. The lowest BCUT2D eigenvalue weighted by molar-refractivity contribution is -0.145. The summed E-state index contributed by atoms with van der Waals surface area (Å²) in [4.78, 5) is 16.3. The maximum Gasteiger partial charge on any atom is 0.450 e. The number of carbonyl (C=O) groups excluding carboxylic acids is 1. The van der Waals surface area contributed by atoms with Gasteiger partial charge in [0.05, 0.1) is 18.1 Å². The first kappa shape index (κ1) is 20.5. The number of fused-ring (bicyclic) bond motifs is 1. The molecule has 5 nitrogen and oxygen atoms in total. The van der Waals surface area contributed by atoms with Crippen LogP contribution >= 0.6 is 0 Å². The normalized spacial score (nSPS) is 11.5. The molecule has 0 saturated heterocycles. The van der Waals surface area contributed by atoms with Crippen LogP contribution in [0.3, 0.4) is 0 Å². The molecule has 0 spiro atoms. The average molecular weight is 423 g/mol. The van der Waals surface area contributed by atoms with E-state index in [2.05, 4.69) is 10.3 Å². The number of nitrogens with zero attached hydrogens (tertiary/aromatic N) is 2. The number of carbonyl (C=O) groups is 1. The van der Waals surface area contributed by atoms with Crippen LogP contribution in [0.2, 0.25) is 0 Å². The largest absolute Gasteiger partial charge is 0.497 e. The number of benzene rings is 3. The fourth-order valence-corrected chi connectivity index (χ4v) is 3.36. The molecule has 31 heavy (non-hydrogen) atoms. The summed E-state index contributed by atoms with van der Waals surface area (Å²) in [7, 11) is 3.27. The van der Waals surface area contributed by atoms with E-state index in [9.17, 15) is 18.0 Å². The number of aromatic nitrogens is 2. The molecule has 4 rings (SSSR count). The van der Waals surface area contributed by atoms with Gasteiger partial charge in [0.2, 0.25) is 5.82 Å². The summed E-state index contributed by atoms with van der Waals surface area (Å²) in [5.41, 5.74) is 2.56. The van der Waals surface area contributed by atoms with Crippen LogP contribution in [0.1, 0.15) is 16.2 Å².